The van der Waals surface area contributed by atoms with Gasteiger partial charge in [-0.2, -0.15) is 0 Å². The lowest BCUT2D eigenvalue weighted by molar-refractivity contribution is -0.141. The topological polar surface area (TPSA) is 86.6 Å². The lowest BCUT2D eigenvalue weighted by Gasteiger charge is -2.14. The monoisotopic (exact) mass is 417 g/mol. The molecule has 0 radical (unpaired) electrons. The second-order valence-electron chi connectivity index (χ2n) is 7.96. The van der Waals surface area contributed by atoms with Gasteiger partial charge in [0.2, 0.25) is 5.91 Å². The largest absolute Gasteiger partial charge is 0.508 e. The van der Waals surface area contributed by atoms with Crippen LogP contribution in [0.3, 0.4) is 0 Å². The highest BCUT2D eigenvalue weighted by molar-refractivity contribution is 5.83. The van der Waals surface area contributed by atoms with E-state index >= 15 is 0 Å². The van der Waals surface area contributed by atoms with E-state index in [1.165, 1.54) is 57.1 Å². The summed E-state index contributed by atoms with van der Waals surface area (Å²) in [5, 5.41) is 21.3. The van der Waals surface area contributed by atoms with E-state index in [1.807, 2.05) is 0 Å². The summed E-state index contributed by atoms with van der Waals surface area (Å²) in [4.78, 5) is 23.5. The molecule has 0 aliphatic carbocycles. The maximum Gasteiger partial charge on any atom is 0.326 e. The fraction of sp³-hybridized carbons (Fsp3) is 0.600. The molecule has 0 aliphatic heterocycles. The molecule has 1 aromatic carbocycles. The highest BCUT2D eigenvalue weighted by Gasteiger charge is 2.20. The first-order valence-electron chi connectivity index (χ1n) is 11.5. The van der Waals surface area contributed by atoms with Crippen LogP contribution in [0, 0.1) is 0 Å². The number of carbonyl (C=O) groups is 2. The smallest absolute Gasteiger partial charge is 0.326 e. The molecule has 5 nitrogen and oxygen atoms in total. The van der Waals surface area contributed by atoms with Crippen molar-refractivity contribution in [1.29, 1.82) is 0 Å². The third-order valence-electron chi connectivity index (χ3n) is 5.18. The molecule has 0 aromatic heterocycles. The molecule has 168 valence electrons. The second kappa shape index (κ2) is 16.5. The molecule has 0 saturated carbocycles. The number of phenolic OH excluding ortho intramolecular Hbond substituents is 1. The van der Waals surface area contributed by atoms with Crippen molar-refractivity contribution in [2.45, 2.75) is 96.4 Å². The summed E-state index contributed by atoms with van der Waals surface area (Å²) < 4.78 is 0. The lowest BCUT2D eigenvalue weighted by atomic mass is 10.0. The number of allylic oxidation sites excluding steroid dienone is 2. The third-order valence-corrected chi connectivity index (χ3v) is 5.18. The van der Waals surface area contributed by atoms with Crippen molar-refractivity contribution >= 4 is 11.9 Å². The van der Waals surface area contributed by atoms with Crippen LogP contribution in [-0.4, -0.2) is 28.1 Å². The van der Waals surface area contributed by atoms with Gasteiger partial charge in [0.15, 0.2) is 0 Å². The molecule has 5 heteroatoms. The summed E-state index contributed by atoms with van der Waals surface area (Å²) in [6, 6.07) is 5.41. The first kappa shape index (κ1) is 25.7. The Kier molecular flexibility index (Phi) is 14.1. The predicted octanol–water partition coefficient (Wildman–Crippen LogP) is 5.76. The van der Waals surface area contributed by atoms with Gasteiger partial charge in [0, 0.05) is 12.8 Å². The van der Waals surface area contributed by atoms with Gasteiger partial charge in [-0.1, -0.05) is 69.7 Å². The minimum absolute atomic E-state index is 0.132. The van der Waals surface area contributed by atoms with Gasteiger partial charge in [0.05, 0.1) is 0 Å². The van der Waals surface area contributed by atoms with Crippen molar-refractivity contribution in [3.05, 3.63) is 42.0 Å². The van der Waals surface area contributed by atoms with Crippen LogP contribution in [-0.2, 0) is 16.0 Å². The Morgan fingerprint density at radius 1 is 0.900 bits per heavy atom. The van der Waals surface area contributed by atoms with Crippen LogP contribution in [0.2, 0.25) is 0 Å². The Bertz CT molecular complexity index is 625. The number of carboxylic acids is 1. The van der Waals surface area contributed by atoms with Crippen molar-refractivity contribution in [2.24, 2.45) is 0 Å². The number of benzene rings is 1. The summed E-state index contributed by atoms with van der Waals surface area (Å²) in [6.07, 6.45) is 18.0. The maximum absolute atomic E-state index is 12.1. The molecule has 3 N–H and O–H groups in total. The average Bonchev–Trinajstić information content (AvgIpc) is 2.72. The summed E-state index contributed by atoms with van der Waals surface area (Å²) in [7, 11) is 0. The number of nitrogens with one attached hydrogen (secondary N) is 1. The summed E-state index contributed by atoms with van der Waals surface area (Å²) in [6.45, 7) is 2.23. The second-order valence-corrected chi connectivity index (χ2v) is 7.96. The Morgan fingerprint density at radius 2 is 1.47 bits per heavy atom. The van der Waals surface area contributed by atoms with Crippen LogP contribution >= 0.6 is 0 Å². The molecule has 1 aromatic rings. The zero-order valence-corrected chi connectivity index (χ0v) is 18.4. The van der Waals surface area contributed by atoms with E-state index in [-0.39, 0.29) is 18.1 Å². The van der Waals surface area contributed by atoms with Gasteiger partial charge in [-0.25, -0.2) is 4.79 Å². The predicted molar refractivity (Wildman–Crippen MR) is 122 cm³/mol. The van der Waals surface area contributed by atoms with E-state index in [1.54, 1.807) is 12.1 Å². The zero-order valence-electron chi connectivity index (χ0n) is 18.4. The fourth-order valence-electron chi connectivity index (χ4n) is 3.34. The van der Waals surface area contributed by atoms with Crippen LogP contribution < -0.4 is 5.32 Å². The number of carbonyl (C=O) groups excluding carboxylic acids is 1. The first-order chi connectivity index (χ1) is 14.5. The van der Waals surface area contributed by atoms with Gasteiger partial charge in [0.25, 0.3) is 0 Å². The van der Waals surface area contributed by atoms with Gasteiger partial charge in [-0.05, 0) is 49.8 Å². The van der Waals surface area contributed by atoms with Gasteiger partial charge in [-0.15, -0.1) is 0 Å². The number of amides is 1. The summed E-state index contributed by atoms with van der Waals surface area (Å²) >= 11 is 0. The number of phenols is 1. The fourth-order valence-corrected chi connectivity index (χ4v) is 3.34. The number of unbranched alkanes of at least 4 members (excludes halogenated alkanes) is 9. The van der Waals surface area contributed by atoms with Crippen molar-refractivity contribution in [1.82, 2.24) is 5.32 Å². The molecular formula is C25H39NO4. The number of aliphatic carboxylic acids is 1. The number of hydrogen-bond acceptors (Lipinski definition) is 3. The van der Waals surface area contributed by atoms with Crippen molar-refractivity contribution in [2.75, 3.05) is 0 Å². The highest BCUT2D eigenvalue weighted by atomic mass is 16.4. The van der Waals surface area contributed by atoms with Gasteiger partial charge in [0.1, 0.15) is 11.8 Å². The van der Waals surface area contributed by atoms with E-state index < -0.39 is 12.0 Å². The van der Waals surface area contributed by atoms with Crippen LogP contribution in [0.5, 0.6) is 5.75 Å². The van der Waals surface area contributed by atoms with Crippen LogP contribution in [0.15, 0.2) is 36.4 Å². The summed E-state index contributed by atoms with van der Waals surface area (Å²) in [5.74, 6) is -1.13. The van der Waals surface area contributed by atoms with Crippen molar-refractivity contribution < 1.29 is 19.8 Å². The Hall–Kier alpha value is -2.30. The van der Waals surface area contributed by atoms with Gasteiger partial charge < -0.3 is 15.5 Å². The normalized spacial score (nSPS) is 12.2. The third kappa shape index (κ3) is 13.0. The molecule has 0 saturated heterocycles. The molecule has 0 bridgehead atoms. The van der Waals surface area contributed by atoms with E-state index in [4.69, 9.17) is 0 Å². The first-order valence-corrected chi connectivity index (χ1v) is 11.5. The number of carboxylic acid groups (broad SMARTS) is 1. The number of hydrogen-bond donors (Lipinski definition) is 3. The Balaban J connectivity index is 2.09. The Labute approximate surface area is 181 Å². The standard InChI is InChI=1S/C25H39NO4/c1-2-3-4-5-6-7-8-9-10-11-12-13-14-15-24(28)26-23(25(29)30)20-21-16-18-22(27)19-17-21/h7-8,16-19,23,27H,2-6,9-15,20H2,1H3,(H,26,28)(H,29,30)/b8-7-/t23-/m0/s1. The van der Waals surface area contributed by atoms with Crippen molar-refractivity contribution in [3.63, 3.8) is 0 Å². The summed E-state index contributed by atoms with van der Waals surface area (Å²) in [5.41, 5.74) is 0.760. The quantitative estimate of drug-likeness (QED) is 0.222. The van der Waals surface area contributed by atoms with Gasteiger partial charge >= 0.3 is 5.97 Å². The van der Waals surface area contributed by atoms with Crippen LogP contribution in [0.25, 0.3) is 0 Å². The van der Waals surface area contributed by atoms with Crippen LogP contribution in [0.1, 0.15) is 89.5 Å². The highest BCUT2D eigenvalue weighted by Crippen LogP contribution is 2.12. The maximum atomic E-state index is 12.1. The van der Waals surface area contributed by atoms with Crippen molar-refractivity contribution in [3.8, 4) is 5.75 Å². The Morgan fingerprint density at radius 3 is 2.07 bits per heavy atom. The molecule has 0 aliphatic rings. The number of rotatable bonds is 17. The molecule has 1 amide bonds. The molecular weight excluding hydrogens is 378 g/mol. The molecule has 0 heterocycles. The molecule has 0 spiro atoms. The average molecular weight is 418 g/mol. The van der Waals surface area contributed by atoms with Crippen LogP contribution in [0.4, 0.5) is 0 Å². The van der Waals surface area contributed by atoms with Gasteiger partial charge in [-0.3, -0.25) is 4.79 Å². The molecule has 30 heavy (non-hydrogen) atoms. The van der Waals surface area contributed by atoms with E-state index in [0.29, 0.717) is 6.42 Å². The minimum Gasteiger partial charge on any atom is -0.508 e. The SMILES string of the molecule is CCCCCC/C=C\CCCCCCCC(=O)N[C@@H](Cc1ccc(O)cc1)C(=O)O. The molecule has 1 rings (SSSR count). The van der Waals surface area contributed by atoms with E-state index in [9.17, 15) is 19.8 Å². The number of aromatic hydroxyl groups is 1. The molecule has 0 fully saturated rings. The molecule has 0 unspecified atom stereocenters. The van der Waals surface area contributed by atoms with E-state index in [2.05, 4.69) is 24.4 Å². The van der Waals surface area contributed by atoms with E-state index in [0.717, 1.165) is 31.2 Å². The molecule has 1 atom stereocenters. The zero-order chi connectivity index (χ0) is 22.0. The minimum atomic E-state index is -1.05. The lowest BCUT2D eigenvalue weighted by Crippen LogP contribution is -2.42.